The molecule has 0 saturated carbocycles. The molecule has 18 heavy (non-hydrogen) atoms. The number of nitrogens with zero attached hydrogens (tertiary/aromatic N) is 2. The fourth-order valence-corrected chi connectivity index (χ4v) is 2.56. The van der Waals surface area contributed by atoms with Crippen LogP contribution in [0.4, 0.5) is 0 Å². The fourth-order valence-electron chi connectivity index (χ4n) is 1.64. The highest BCUT2D eigenvalue weighted by molar-refractivity contribution is 9.10. The number of hydrogen-bond acceptors (Lipinski definition) is 3. The standard InChI is InChI=1S/C13H12Br2N2O/c1-2-18-13(11-9(14)5-3-7-16-11)12-10(15)6-4-8-17-12/h3-8,13H,2H2,1H3. The molecule has 2 aromatic rings. The molecule has 0 fully saturated rings. The van der Waals surface area contributed by atoms with E-state index in [-0.39, 0.29) is 6.10 Å². The van der Waals surface area contributed by atoms with Gasteiger partial charge in [0.1, 0.15) is 6.10 Å². The van der Waals surface area contributed by atoms with Crippen molar-refractivity contribution in [1.82, 2.24) is 9.97 Å². The van der Waals surface area contributed by atoms with Crippen LogP contribution in [0.3, 0.4) is 0 Å². The number of rotatable bonds is 4. The largest absolute Gasteiger partial charge is 0.366 e. The van der Waals surface area contributed by atoms with E-state index in [1.807, 2.05) is 31.2 Å². The first-order valence-electron chi connectivity index (χ1n) is 5.56. The van der Waals surface area contributed by atoms with Crippen molar-refractivity contribution in [1.29, 1.82) is 0 Å². The lowest BCUT2D eigenvalue weighted by Crippen LogP contribution is -2.11. The summed E-state index contributed by atoms with van der Waals surface area (Å²) >= 11 is 7.01. The van der Waals surface area contributed by atoms with E-state index in [1.54, 1.807) is 12.4 Å². The maximum Gasteiger partial charge on any atom is 0.143 e. The number of halogens is 2. The van der Waals surface area contributed by atoms with Crippen LogP contribution in [-0.4, -0.2) is 16.6 Å². The second kappa shape index (κ2) is 6.41. The molecule has 2 rings (SSSR count). The molecule has 0 radical (unpaired) electrons. The van der Waals surface area contributed by atoms with Crippen molar-refractivity contribution in [2.75, 3.05) is 6.61 Å². The zero-order valence-corrected chi connectivity index (χ0v) is 13.0. The van der Waals surface area contributed by atoms with Gasteiger partial charge in [0.25, 0.3) is 0 Å². The highest BCUT2D eigenvalue weighted by Gasteiger charge is 2.21. The van der Waals surface area contributed by atoms with Crippen molar-refractivity contribution >= 4 is 31.9 Å². The lowest BCUT2D eigenvalue weighted by atomic mass is 10.1. The van der Waals surface area contributed by atoms with Crippen LogP contribution in [0.25, 0.3) is 0 Å². The van der Waals surface area contributed by atoms with Crippen LogP contribution in [0.2, 0.25) is 0 Å². The van der Waals surface area contributed by atoms with Gasteiger partial charge in [0.15, 0.2) is 0 Å². The van der Waals surface area contributed by atoms with Gasteiger partial charge in [-0.05, 0) is 63.0 Å². The Morgan fingerprint density at radius 1 is 1.06 bits per heavy atom. The lowest BCUT2D eigenvalue weighted by molar-refractivity contribution is 0.0843. The van der Waals surface area contributed by atoms with Crippen molar-refractivity contribution in [3.05, 3.63) is 57.0 Å². The van der Waals surface area contributed by atoms with Crippen LogP contribution in [0.1, 0.15) is 24.4 Å². The molecule has 0 spiro atoms. The molecular formula is C13H12Br2N2O. The monoisotopic (exact) mass is 370 g/mol. The summed E-state index contributed by atoms with van der Waals surface area (Å²) in [5.74, 6) is 0. The van der Waals surface area contributed by atoms with Crippen LogP contribution < -0.4 is 0 Å². The first-order valence-corrected chi connectivity index (χ1v) is 7.15. The summed E-state index contributed by atoms with van der Waals surface area (Å²) in [4.78, 5) is 8.76. The van der Waals surface area contributed by atoms with E-state index in [4.69, 9.17) is 4.74 Å². The van der Waals surface area contributed by atoms with Gasteiger partial charge >= 0.3 is 0 Å². The Kier molecular flexibility index (Phi) is 4.86. The summed E-state index contributed by atoms with van der Waals surface area (Å²) < 4.78 is 7.63. The Balaban J connectivity index is 2.47. The number of pyridine rings is 2. The van der Waals surface area contributed by atoms with Gasteiger partial charge in [0.2, 0.25) is 0 Å². The molecule has 3 nitrogen and oxygen atoms in total. The second-order valence-corrected chi connectivity index (χ2v) is 5.28. The zero-order chi connectivity index (χ0) is 13.0. The molecule has 0 amide bonds. The summed E-state index contributed by atoms with van der Waals surface area (Å²) in [7, 11) is 0. The molecule has 0 N–H and O–H groups in total. The van der Waals surface area contributed by atoms with E-state index < -0.39 is 0 Å². The summed E-state index contributed by atoms with van der Waals surface area (Å²) in [5, 5.41) is 0. The van der Waals surface area contributed by atoms with Crippen molar-refractivity contribution in [2.45, 2.75) is 13.0 Å². The van der Waals surface area contributed by atoms with E-state index in [9.17, 15) is 0 Å². The quantitative estimate of drug-likeness (QED) is 0.810. The minimum absolute atomic E-state index is 0.277. The molecule has 0 bridgehead atoms. The van der Waals surface area contributed by atoms with Crippen molar-refractivity contribution in [3.8, 4) is 0 Å². The predicted octanol–water partition coefficient (Wildman–Crippen LogP) is 4.13. The SMILES string of the molecule is CCOC(c1ncccc1Br)c1ncccc1Br. The highest BCUT2D eigenvalue weighted by atomic mass is 79.9. The smallest absolute Gasteiger partial charge is 0.143 e. The van der Waals surface area contributed by atoms with Crippen LogP contribution in [-0.2, 0) is 4.74 Å². The molecule has 0 unspecified atom stereocenters. The molecule has 0 atom stereocenters. The van der Waals surface area contributed by atoms with E-state index >= 15 is 0 Å². The van der Waals surface area contributed by atoms with Gasteiger partial charge in [-0.15, -0.1) is 0 Å². The first kappa shape index (κ1) is 13.6. The molecular weight excluding hydrogens is 360 g/mol. The summed E-state index contributed by atoms with van der Waals surface area (Å²) in [5.41, 5.74) is 1.66. The minimum atomic E-state index is -0.277. The average Bonchev–Trinajstić information content (AvgIpc) is 2.38. The Labute approximate surface area is 123 Å². The molecule has 0 aliphatic rings. The normalized spacial score (nSPS) is 10.9. The van der Waals surface area contributed by atoms with Gasteiger partial charge in [-0.3, -0.25) is 9.97 Å². The Morgan fingerprint density at radius 3 is 1.94 bits per heavy atom. The predicted molar refractivity (Wildman–Crippen MR) is 77.3 cm³/mol. The molecule has 0 aromatic carbocycles. The third-order valence-corrected chi connectivity index (χ3v) is 3.75. The van der Waals surface area contributed by atoms with E-state index in [0.717, 1.165) is 20.3 Å². The lowest BCUT2D eigenvalue weighted by Gasteiger charge is -2.18. The maximum absolute atomic E-state index is 5.79. The van der Waals surface area contributed by atoms with Crippen molar-refractivity contribution in [2.24, 2.45) is 0 Å². The molecule has 0 aliphatic carbocycles. The first-order chi connectivity index (χ1) is 8.74. The maximum atomic E-state index is 5.79. The fraction of sp³-hybridized carbons (Fsp3) is 0.231. The summed E-state index contributed by atoms with van der Waals surface area (Å²) in [6.07, 6.45) is 3.23. The molecule has 0 aliphatic heterocycles. The number of ether oxygens (including phenoxy) is 1. The third-order valence-electron chi connectivity index (χ3n) is 2.40. The average molecular weight is 372 g/mol. The topological polar surface area (TPSA) is 35.0 Å². The highest BCUT2D eigenvalue weighted by Crippen LogP contribution is 2.32. The molecule has 94 valence electrons. The van der Waals surface area contributed by atoms with E-state index in [0.29, 0.717) is 6.61 Å². The molecule has 5 heteroatoms. The van der Waals surface area contributed by atoms with Gasteiger partial charge in [0.05, 0.1) is 11.4 Å². The van der Waals surface area contributed by atoms with Crippen LogP contribution in [0.5, 0.6) is 0 Å². The van der Waals surface area contributed by atoms with E-state index in [1.165, 1.54) is 0 Å². The third kappa shape index (κ3) is 2.96. The van der Waals surface area contributed by atoms with Gasteiger partial charge in [-0.25, -0.2) is 0 Å². The van der Waals surface area contributed by atoms with Gasteiger partial charge < -0.3 is 4.74 Å². The Hall–Kier alpha value is -0.780. The molecule has 0 saturated heterocycles. The van der Waals surface area contributed by atoms with Crippen LogP contribution in [0.15, 0.2) is 45.6 Å². The second-order valence-electron chi connectivity index (χ2n) is 3.58. The van der Waals surface area contributed by atoms with Gasteiger partial charge in [-0.2, -0.15) is 0 Å². The zero-order valence-electron chi connectivity index (χ0n) is 9.81. The van der Waals surface area contributed by atoms with Crippen LogP contribution >= 0.6 is 31.9 Å². The Bertz CT molecular complexity index is 488. The van der Waals surface area contributed by atoms with Crippen LogP contribution in [0, 0.1) is 0 Å². The van der Waals surface area contributed by atoms with Crippen molar-refractivity contribution in [3.63, 3.8) is 0 Å². The van der Waals surface area contributed by atoms with Crippen molar-refractivity contribution < 1.29 is 4.74 Å². The Morgan fingerprint density at radius 2 is 1.56 bits per heavy atom. The summed E-state index contributed by atoms with van der Waals surface area (Å²) in [6.45, 7) is 2.55. The molecule has 2 aromatic heterocycles. The van der Waals surface area contributed by atoms with E-state index in [2.05, 4.69) is 41.8 Å². The summed E-state index contributed by atoms with van der Waals surface area (Å²) in [6, 6.07) is 7.66. The number of hydrogen-bond donors (Lipinski definition) is 0. The van der Waals surface area contributed by atoms with Gasteiger partial charge in [0, 0.05) is 27.9 Å². The van der Waals surface area contributed by atoms with Gasteiger partial charge in [-0.1, -0.05) is 0 Å². The number of aromatic nitrogens is 2. The molecule has 2 heterocycles. The minimum Gasteiger partial charge on any atom is -0.366 e.